The lowest BCUT2D eigenvalue weighted by Gasteiger charge is -2.29. The first-order chi connectivity index (χ1) is 7.79. The highest BCUT2D eigenvalue weighted by atomic mass is 32.1. The predicted molar refractivity (Wildman–Crippen MR) is 66.9 cm³/mol. The van der Waals surface area contributed by atoms with Crippen LogP contribution in [0.25, 0.3) is 0 Å². The van der Waals surface area contributed by atoms with Gasteiger partial charge in [0.25, 0.3) is 0 Å². The lowest BCUT2D eigenvalue weighted by atomic mass is 9.92. The van der Waals surface area contributed by atoms with Crippen molar-refractivity contribution < 1.29 is 4.74 Å². The van der Waals surface area contributed by atoms with Crippen molar-refractivity contribution >= 4 is 11.3 Å². The first-order valence-corrected chi connectivity index (χ1v) is 6.83. The highest BCUT2D eigenvalue weighted by Crippen LogP contribution is 2.21. The third-order valence-corrected chi connectivity index (χ3v) is 4.19. The lowest BCUT2D eigenvalue weighted by molar-refractivity contribution is 0.0405. The Morgan fingerprint density at radius 1 is 1.69 bits per heavy atom. The molecule has 2 rings (SSSR count). The first-order valence-electron chi connectivity index (χ1n) is 5.95. The standard InChI is InChI=1S/C12H20N2OS/c1-9-8-16-12(14-9)6-11(13-2)10-4-3-5-15-7-10/h8,10-11,13H,3-7H2,1-2H3. The number of nitrogens with zero attached hydrogens (tertiary/aromatic N) is 1. The molecule has 2 atom stereocenters. The van der Waals surface area contributed by atoms with Crippen LogP contribution in [0.15, 0.2) is 5.38 Å². The van der Waals surface area contributed by atoms with Gasteiger partial charge in [0, 0.05) is 30.1 Å². The van der Waals surface area contributed by atoms with Gasteiger partial charge >= 0.3 is 0 Å². The van der Waals surface area contributed by atoms with Gasteiger partial charge in [0.15, 0.2) is 0 Å². The summed E-state index contributed by atoms with van der Waals surface area (Å²) < 4.78 is 5.55. The SMILES string of the molecule is CNC(Cc1nc(C)cs1)C1CCCOC1. The second kappa shape index (κ2) is 5.75. The number of rotatable bonds is 4. The van der Waals surface area contributed by atoms with Gasteiger partial charge in [0.05, 0.1) is 11.6 Å². The van der Waals surface area contributed by atoms with E-state index in [4.69, 9.17) is 4.74 Å². The van der Waals surface area contributed by atoms with E-state index in [9.17, 15) is 0 Å². The van der Waals surface area contributed by atoms with Gasteiger partial charge in [0.2, 0.25) is 0 Å². The minimum atomic E-state index is 0.505. The van der Waals surface area contributed by atoms with Crippen molar-refractivity contribution in [1.82, 2.24) is 10.3 Å². The first kappa shape index (κ1) is 12.0. The summed E-state index contributed by atoms with van der Waals surface area (Å²) in [5.74, 6) is 0.642. The zero-order chi connectivity index (χ0) is 11.4. The molecule has 0 amide bonds. The van der Waals surface area contributed by atoms with Crippen LogP contribution in [0.5, 0.6) is 0 Å². The summed E-state index contributed by atoms with van der Waals surface area (Å²) in [6.45, 7) is 3.89. The zero-order valence-electron chi connectivity index (χ0n) is 10.0. The van der Waals surface area contributed by atoms with Crippen molar-refractivity contribution in [2.75, 3.05) is 20.3 Å². The normalized spacial score (nSPS) is 23.2. The predicted octanol–water partition coefficient (Wildman–Crippen LogP) is 2.01. The summed E-state index contributed by atoms with van der Waals surface area (Å²) in [6, 6.07) is 0.505. The molecule has 1 aromatic rings. The minimum Gasteiger partial charge on any atom is -0.381 e. The third kappa shape index (κ3) is 3.03. The van der Waals surface area contributed by atoms with Crippen molar-refractivity contribution in [3.63, 3.8) is 0 Å². The van der Waals surface area contributed by atoms with E-state index >= 15 is 0 Å². The van der Waals surface area contributed by atoms with Crippen LogP contribution < -0.4 is 5.32 Å². The second-order valence-corrected chi connectivity index (χ2v) is 5.40. The number of nitrogens with one attached hydrogen (secondary N) is 1. The van der Waals surface area contributed by atoms with Gasteiger partial charge in [-0.15, -0.1) is 11.3 Å². The number of aryl methyl sites for hydroxylation is 1. The maximum Gasteiger partial charge on any atom is 0.0943 e. The Morgan fingerprint density at radius 2 is 2.56 bits per heavy atom. The van der Waals surface area contributed by atoms with Crippen LogP contribution >= 0.6 is 11.3 Å². The Balaban J connectivity index is 1.94. The molecule has 1 aliphatic heterocycles. The molecule has 0 saturated carbocycles. The molecule has 2 unspecified atom stereocenters. The second-order valence-electron chi connectivity index (χ2n) is 4.46. The molecule has 1 fully saturated rings. The molecule has 0 bridgehead atoms. The van der Waals surface area contributed by atoms with E-state index in [2.05, 4.69) is 22.6 Å². The van der Waals surface area contributed by atoms with Gasteiger partial charge in [-0.05, 0) is 32.7 Å². The molecular weight excluding hydrogens is 220 g/mol. The van der Waals surface area contributed by atoms with Crippen molar-refractivity contribution in [3.05, 3.63) is 16.1 Å². The van der Waals surface area contributed by atoms with Gasteiger partial charge in [-0.25, -0.2) is 4.98 Å². The number of ether oxygens (including phenoxy) is 1. The maximum atomic E-state index is 5.55. The fourth-order valence-corrected chi connectivity index (χ4v) is 3.10. The van der Waals surface area contributed by atoms with Crippen LogP contribution in [-0.4, -0.2) is 31.3 Å². The van der Waals surface area contributed by atoms with E-state index in [0.29, 0.717) is 12.0 Å². The Bertz CT molecular complexity index is 321. The van der Waals surface area contributed by atoms with E-state index in [1.807, 2.05) is 7.05 Å². The van der Waals surface area contributed by atoms with Crippen LogP contribution in [0.3, 0.4) is 0 Å². The van der Waals surface area contributed by atoms with Gasteiger partial charge < -0.3 is 10.1 Å². The van der Waals surface area contributed by atoms with Gasteiger partial charge in [-0.1, -0.05) is 0 Å². The summed E-state index contributed by atoms with van der Waals surface area (Å²) in [7, 11) is 2.04. The molecule has 0 aliphatic carbocycles. The minimum absolute atomic E-state index is 0.505. The Hall–Kier alpha value is -0.450. The van der Waals surface area contributed by atoms with Crippen LogP contribution in [0.4, 0.5) is 0 Å². The number of hydrogen-bond donors (Lipinski definition) is 1. The average Bonchev–Trinajstić information content (AvgIpc) is 2.73. The molecule has 90 valence electrons. The maximum absolute atomic E-state index is 5.55. The van der Waals surface area contributed by atoms with Crippen molar-refractivity contribution in [2.24, 2.45) is 5.92 Å². The van der Waals surface area contributed by atoms with Crippen molar-refractivity contribution in [3.8, 4) is 0 Å². The Morgan fingerprint density at radius 3 is 3.12 bits per heavy atom. The summed E-state index contributed by atoms with van der Waals surface area (Å²) in [4.78, 5) is 4.53. The summed E-state index contributed by atoms with van der Waals surface area (Å²) in [5, 5.41) is 6.78. The molecule has 1 N–H and O–H groups in total. The molecule has 4 heteroatoms. The number of hydrogen-bond acceptors (Lipinski definition) is 4. The highest BCUT2D eigenvalue weighted by Gasteiger charge is 2.23. The van der Waals surface area contributed by atoms with Crippen molar-refractivity contribution in [2.45, 2.75) is 32.2 Å². The molecule has 0 radical (unpaired) electrons. The molecule has 1 aliphatic rings. The topological polar surface area (TPSA) is 34.2 Å². The summed E-state index contributed by atoms with van der Waals surface area (Å²) >= 11 is 1.77. The molecule has 3 nitrogen and oxygen atoms in total. The number of likely N-dealkylation sites (N-methyl/N-ethyl adjacent to an activating group) is 1. The highest BCUT2D eigenvalue weighted by molar-refractivity contribution is 7.09. The molecule has 16 heavy (non-hydrogen) atoms. The smallest absolute Gasteiger partial charge is 0.0943 e. The van der Waals surface area contributed by atoms with E-state index in [1.165, 1.54) is 17.8 Å². The Kier molecular flexibility index (Phi) is 4.32. The molecule has 1 aromatic heterocycles. The van der Waals surface area contributed by atoms with Crippen LogP contribution in [0, 0.1) is 12.8 Å². The van der Waals surface area contributed by atoms with Crippen molar-refractivity contribution in [1.29, 1.82) is 0 Å². The lowest BCUT2D eigenvalue weighted by Crippen LogP contribution is -2.39. The molecular formula is C12H20N2OS. The monoisotopic (exact) mass is 240 g/mol. The van der Waals surface area contributed by atoms with Crippen LogP contribution in [-0.2, 0) is 11.2 Å². The number of aromatic nitrogens is 1. The average molecular weight is 240 g/mol. The van der Waals surface area contributed by atoms with E-state index in [-0.39, 0.29) is 0 Å². The molecule has 0 spiro atoms. The fourth-order valence-electron chi connectivity index (χ4n) is 2.27. The van der Waals surface area contributed by atoms with E-state index < -0.39 is 0 Å². The van der Waals surface area contributed by atoms with Gasteiger partial charge in [-0.2, -0.15) is 0 Å². The summed E-state index contributed by atoms with van der Waals surface area (Å²) in [5.41, 5.74) is 1.13. The largest absolute Gasteiger partial charge is 0.381 e. The Labute approximate surface area is 101 Å². The van der Waals surface area contributed by atoms with E-state index in [1.54, 1.807) is 11.3 Å². The molecule has 2 heterocycles. The molecule has 0 aromatic carbocycles. The van der Waals surface area contributed by atoms with Crippen LogP contribution in [0.2, 0.25) is 0 Å². The number of thiazole rings is 1. The van der Waals surface area contributed by atoms with Gasteiger partial charge in [-0.3, -0.25) is 0 Å². The quantitative estimate of drug-likeness (QED) is 0.874. The van der Waals surface area contributed by atoms with Gasteiger partial charge in [0.1, 0.15) is 0 Å². The third-order valence-electron chi connectivity index (χ3n) is 3.20. The fraction of sp³-hybridized carbons (Fsp3) is 0.750. The zero-order valence-corrected chi connectivity index (χ0v) is 10.8. The summed E-state index contributed by atoms with van der Waals surface area (Å²) in [6.07, 6.45) is 3.50. The molecule has 1 saturated heterocycles. The van der Waals surface area contributed by atoms with Crippen LogP contribution in [0.1, 0.15) is 23.5 Å². The van der Waals surface area contributed by atoms with E-state index in [0.717, 1.165) is 25.3 Å².